The summed E-state index contributed by atoms with van der Waals surface area (Å²) in [6.07, 6.45) is 2.66. The van der Waals surface area contributed by atoms with Crippen molar-refractivity contribution in [1.82, 2.24) is 0 Å². The molecule has 0 amide bonds. The Balaban J connectivity index is 2.06. The molecule has 1 aliphatic rings. The van der Waals surface area contributed by atoms with Crippen LogP contribution >= 0.6 is 0 Å². The highest BCUT2D eigenvalue weighted by Crippen LogP contribution is 2.16. The summed E-state index contributed by atoms with van der Waals surface area (Å²) in [6, 6.07) is 0. The molecule has 5 nitrogen and oxygen atoms in total. The lowest BCUT2D eigenvalue weighted by molar-refractivity contribution is -0.151. The van der Waals surface area contributed by atoms with Gasteiger partial charge in [0.05, 0.1) is 13.2 Å². The maximum Gasteiger partial charge on any atom is 0.328 e. The molecule has 1 atom stereocenters. The van der Waals surface area contributed by atoms with Crippen LogP contribution in [0.4, 0.5) is 0 Å². The minimum absolute atomic E-state index is 0.253. The molecule has 0 radical (unpaired) electrons. The molecule has 1 rings (SSSR count). The number of carbonyl (C=O) groups excluding carboxylic acids is 1. The molecule has 0 spiro atoms. The summed E-state index contributed by atoms with van der Waals surface area (Å²) in [5.41, 5.74) is 4.88. The van der Waals surface area contributed by atoms with Crippen LogP contribution in [0.15, 0.2) is 0 Å². The normalized spacial score (nSPS) is 24.6. The van der Waals surface area contributed by atoms with E-state index in [1.54, 1.807) is 0 Å². The zero-order valence-corrected chi connectivity index (χ0v) is 9.87. The Morgan fingerprint density at radius 2 is 2.25 bits per heavy atom. The maximum atomic E-state index is 11.6. The molecule has 0 aromatic carbocycles. The van der Waals surface area contributed by atoms with Gasteiger partial charge in [0.15, 0.2) is 0 Å². The number of unbranched alkanes of at least 4 members (excludes halogenated alkanes) is 1. The van der Waals surface area contributed by atoms with Crippen molar-refractivity contribution in [3.8, 4) is 0 Å². The molecular weight excluding hydrogens is 210 g/mol. The van der Waals surface area contributed by atoms with E-state index in [1.165, 1.54) is 0 Å². The summed E-state index contributed by atoms with van der Waals surface area (Å²) in [6.45, 7) is 4.29. The summed E-state index contributed by atoms with van der Waals surface area (Å²) in [5, 5.41) is 0. The predicted octanol–water partition coefficient (Wildman–Crippen LogP) is 0.464. The van der Waals surface area contributed by atoms with Crippen LogP contribution in [-0.2, 0) is 19.0 Å². The van der Waals surface area contributed by atoms with Gasteiger partial charge in [-0.15, -0.1) is 0 Å². The van der Waals surface area contributed by atoms with E-state index in [2.05, 4.69) is 6.92 Å². The van der Waals surface area contributed by atoms with Crippen molar-refractivity contribution >= 4 is 5.97 Å². The van der Waals surface area contributed by atoms with Crippen LogP contribution in [-0.4, -0.2) is 44.5 Å². The average molecular weight is 231 g/mol. The fourth-order valence-electron chi connectivity index (χ4n) is 1.43. The average Bonchev–Trinajstić information content (AvgIpc) is 2.71. The molecule has 0 bridgehead atoms. The third-order valence-corrected chi connectivity index (χ3v) is 2.56. The Hall–Kier alpha value is -0.650. The third-order valence-electron chi connectivity index (χ3n) is 2.56. The fourth-order valence-corrected chi connectivity index (χ4v) is 1.43. The van der Waals surface area contributed by atoms with Crippen molar-refractivity contribution in [2.24, 2.45) is 5.73 Å². The van der Waals surface area contributed by atoms with Gasteiger partial charge in [-0.1, -0.05) is 13.3 Å². The maximum absolute atomic E-state index is 11.6. The second-order valence-electron chi connectivity index (χ2n) is 4.06. The SMILES string of the molecule is CCCCOCCOC(=O)C1(N)CCOC1. The van der Waals surface area contributed by atoms with Crippen LogP contribution in [0.1, 0.15) is 26.2 Å². The quantitative estimate of drug-likeness (QED) is 0.509. The molecule has 0 aromatic rings. The first-order valence-corrected chi connectivity index (χ1v) is 5.80. The second kappa shape index (κ2) is 6.83. The molecule has 1 aliphatic heterocycles. The number of nitrogens with two attached hydrogens (primary N) is 1. The Morgan fingerprint density at radius 3 is 2.88 bits per heavy atom. The van der Waals surface area contributed by atoms with Crippen LogP contribution in [0.25, 0.3) is 0 Å². The van der Waals surface area contributed by atoms with Crippen molar-refractivity contribution in [2.45, 2.75) is 31.7 Å². The number of hydrogen-bond acceptors (Lipinski definition) is 5. The van der Waals surface area contributed by atoms with Gasteiger partial charge < -0.3 is 19.9 Å². The molecule has 0 aliphatic carbocycles. The summed E-state index contributed by atoms with van der Waals surface area (Å²) in [5.74, 6) is -0.385. The molecule has 1 heterocycles. The van der Waals surface area contributed by atoms with Crippen molar-refractivity contribution in [3.63, 3.8) is 0 Å². The van der Waals surface area contributed by atoms with Crippen LogP contribution < -0.4 is 5.73 Å². The topological polar surface area (TPSA) is 70.8 Å². The van der Waals surface area contributed by atoms with E-state index < -0.39 is 5.54 Å². The van der Waals surface area contributed by atoms with Crippen molar-refractivity contribution in [3.05, 3.63) is 0 Å². The van der Waals surface area contributed by atoms with Gasteiger partial charge in [-0.3, -0.25) is 0 Å². The first-order valence-electron chi connectivity index (χ1n) is 5.80. The van der Waals surface area contributed by atoms with E-state index in [1.807, 2.05) is 0 Å². The zero-order chi connectivity index (χ0) is 11.9. The Labute approximate surface area is 96.2 Å². The largest absolute Gasteiger partial charge is 0.462 e. The van der Waals surface area contributed by atoms with Crippen LogP contribution in [0.2, 0.25) is 0 Å². The Morgan fingerprint density at radius 1 is 1.44 bits per heavy atom. The first kappa shape index (κ1) is 13.4. The van der Waals surface area contributed by atoms with E-state index in [0.717, 1.165) is 12.8 Å². The monoisotopic (exact) mass is 231 g/mol. The standard InChI is InChI=1S/C11H21NO4/c1-2-3-5-14-7-8-16-10(13)11(12)4-6-15-9-11/h2-9,12H2,1H3. The summed E-state index contributed by atoms with van der Waals surface area (Å²) < 4.78 is 15.4. The predicted molar refractivity (Wildman–Crippen MR) is 59.0 cm³/mol. The van der Waals surface area contributed by atoms with Crippen LogP contribution in [0.3, 0.4) is 0 Å². The van der Waals surface area contributed by atoms with Crippen LogP contribution in [0.5, 0.6) is 0 Å². The summed E-state index contributed by atoms with van der Waals surface area (Å²) in [4.78, 5) is 11.6. The van der Waals surface area contributed by atoms with Gasteiger partial charge in [0, 0.05) is 19.6 Å². The van der Waals surface area contributed by atoms with E-state index in [9.17, 15) is 4.79 Å². The molecule has 1 fully saturated rings. The molecule has 0 aromatic heterocycles. The van der Waals surface area contributed by atoms with E-state index in [-0.39, 0.29) is 19.2 Å². The molecule has 5 heteroatoms. The highest BCUT2D eigenvalue weighted by molar-refractivity contribution is 5.81. The van der Waals surface area contributed by atoms with Crippen molar-refractivity contribution in [2.75, 3.05) is 33.0 Å². The van der Waals surface area contributed by atoms with Gasteiger partial charge in [-0.05, 0) is 6.42 Å². The lowest BCUT2D eigenvalue weighted by Crippen LogP contribution is -2.49. The fraction of sp³-hybridized carbons (Fsp3) is 0.909. The Kier molecular flexibility index (Phi) is 5.73. The third kappa shape index (κ3) is 4.08. The number of carbonyl (C=O) groups is 1. The Bertz CT molecular complexity index is 214. The molecule has 16 heavy (non-hydrogen) atoms. The van der Waals surface area contributed by atoms with Gasteiger partial charge in [0.2, 0.25) is 0 Å². The number of rotatable bonds is 7. The zero-order valence-electron chi connectivity index (χ0n) is 9.87. The van der Waals surface area contributed by atoms with Crippen molar-refractivity contribution < 1.29 is 19.0 Å². The molecule has 94 valence electrons. The van der Waals surface area contributed by atoms with E-state index in [0.29, 0.717) is 26.2 Å². The minimum atomic E-state index is -0.941. The van der Waals surface area contributed by atoms with Gasteiger partial charge in [-0.25, -0.2) is 4.79 Å². The second-order valence-corrected chi connectivity index (χ2v) is 4.06. The number of esters is 1. The lowest BCUT2D eigenvalue weighted by atomic mass is 10.0. The lowest BCUT2D eigenvalue weighted by Gasteiger charge is -2.19. The number of ether oxygens (including phenoxy) is 3. The number of hydrogen-bond donors (Lipinski definition) is 1. The van der Waals surface area contributed by atoms with Gasteiger partial charge in [-0.2, -0.15) is 0 Å². The van der Waals surface area contributed by atoms with Crippen LogP contribution in [0, 0.1) is 0 Å². The van der Waals surface area contributed by atoms with Gasteiger partial charge in [0.25, 0.3) is 0 Å². The molecule has 1 saturated heterocycles. The molecule has 2 N–H and O–H groups in total. The summed E-state index contributed by atoms with van der Waals surface area (Å²) in [7, 11) is 0. The molecule has 1 unspecified atom stereocenters. The highest BCUT2D eigenvalue weighted by atomic mass is 16.6. The summed E-state index contributed by atoms with van der Waals surface area (Å²) >= 11 is 0. The van der Waals surface area contributed by atoms with Gasteiger partial charge in [0.1, 0.15) is 12.1 Å². The minimum Gasteiger partial charge on any atom is -0.462 e. The van der Waals surface area contributed by atoms with Gasteiger partial charge >= 0.3 is 5.97 Å². The van der Waals surface area contributed by atoms with E-state index >= 15 is 0 Å². The molecule has 0 saturated carbocycles. The molecular formula is C11H21NO4. The smallest absolute Gasteiger partial charge is 0.328 e. The first-order chi connectivity index (χ1) is 7.69. The van der Waals surface area contributed by atoms with Crippen molar-refractivity contribution in [1.29, 1.82) is 0 Å². The van der Waals surface area contributed by atoms with E-state index in [4.69, 9.17) is 19.9 Å². The highest BCUT2D eigenvalue weighted by Gasteiger charge is 2.39.